The molecule has 0 amide bonds. The normalized spacial score (nSPS) is 11.4. The van der Waals surface area contributed by atoms with E-state index in [1.807, 2.05) is 30.3 Å². The van der Waals surface area contributed by atoms with Crippen LogP contribution in [0, 0.1) is 0 Å². The van der Waals surface area contributed by atoms with Gasteiger partial charge in [-0.3, -0.25) is 0 Å². The number of alkyl halides is 3. The zero-order valence-electron chi connectivity index (χ0n) is 8.96. The fraction of sp³-hybridized carbons (Fsp3) is 0.500. The summed E-state index contributed by atoms with van der Waals surface area (Å²) in [5.41, 5.74) is 0. The second-order valence-corrected chi connectivity index (χ2v) is 10.8. The van der Waals surface area contributed by atoms with Gasteiger partial charge in [-0.05, 0) is 31.4 Å². The first-order chi connectivity index (χ1) is 7.64. The van der Waals surface area contributed by atoms with Gasteiger partial charge < -0.3 is 4.74 Å². The van der Waals surface area contributed by atoms with Crippen LogP contribution in [-0.2, 0) is 0 Å². The van der Waals surface area contributed by atoms with Gasteiger partial charge in [-0.25, -0.2) is 0 Å². The molecule has 90 valence electrons. The third-order valence-corrected chi connectivity index (χ3v) is 4.86. The number of rotatable bonds is 7. The molecule has 0 aliphatic heterocycles. The highest BCUT2D eigenvalue weighted by molar-refractivity contribution is 14.2. The predicted molar refractivity (Wildman–Crippen MR) is 95.4 cm³/mol. The highest BCUT2D eigenvalue weighted by atomic mass is 127. The number of hydrogen-bond acceptors (Lipinski definition) is 1. The van der Waals surface area contributed by atoms with Crippen molar-refractivity contribution in [3.8, 4) is 5.75 Å². The van der Waals surface area contributed by atoms with Crippen molar-refractivity contribution in [2.24, 2.45) is 0 Å². The number of benzene rings is 1. The van der Waals surface area contributed by atoms with E-state index in [-0.39, 0.29) is 0 Å². The summed E-state index contributed by atoms with van der Waals surface area (Å²) in [6, 6.07) is 10.0. The summed E-state index contributed by atoms with van der Waals surface area (Å²) in [6.07, 6.45) is 3.60. The molecule has 0 atom stereocenters. The Kier molecular flexibility index (Phi) is 7.95. The molecule has 0 aliphatic rings. The Balaban J connectivity index is 2.17. The molecule has 4 heteroatoms. The Bertz CT molecular complexity index is 288. The SMILES string of the molecule is ICCC(I)(I)CCCOc1ccccc1. The van der Waals surface area contributed by atoms with E-state index in [1.165, 1.54) is 17.3 Å². The van der Waals surface area contributed by atoms with E-state index in [4.69, 9.17) is 4.74 Å². The fourth-order valence-corrected chi connectivity index (χ4v) is 5.59. The van der Waals surface area contributed by atoms with Gasteiger partial charge in [-0.1, -0.05) is 86.0 Å². The lowest BCUT2D eigenvalue weighted by Crippen LogP contribution is -2.13. The standard InChI is InChI=1S/C12H15I3O/c13-9-8-12(14,15)7-4-10-16-11-5-2-1-3-6-11/h1-3,5-6H,4,7-10H2. The van der Waals surface area contributed by atoms with E-state index in [2.05, 4.69) is 67.8 Å². The minimum absolute atomic E-state index is 0.400. The molecule has 0 spiro atoms. The summed E-state index contributed by atoms with van der Waals surface area (Å²) >= 11 is 7.56. The van der Waals surface area contributed by atoms with Crippen LogP contribution in [-0.4, -0.2) is 12.5 Å². The topological polar surface area (TPSA) is 9.23 Å². The van der Waals surface area contributed by atoms with Crippen molar-refractivity contribution in [1.82, 2.24) is 0 Å². The molecule has 1 nitrogen and oxygen atoms in total. The largest absolute Gasteiger partial charge is 0.494 e. The first-order valence-electron chi connectivity index (χ1n) is 5.26. The molecule has 1 rings (SSSR count). The van der Waals surface area contributed by atoms with Crippen molar-refractivity contribution in [2.45, 2.75) is 20.7 Å². The maximum absolute atomic E-state index is 5.67. The van der Waals surface area contributed by atoms with Crippen molar-refractivity contribution < 1.29 is 4.74 Å². The summed E-state index contributed by atoms with van der Waals surface area (Å²) in [5, 5.41) is 0. The molecular weight excluding hydrogens is 541 g/mol. The van der Waals surface area contributed by atoms with Gasteiger partial charge in [0, 0.05) is 4.43 Å². The van der Waals surface area contributed by atoms with Gasteiger partial charge in [0.1, 0.15) is 5.75 Å². The number of ether oxygens (including phenoxy) is 1. The molecule has 1 aromatic carbocycles. The molecule has 0 saturated carbocycles. The Morgan fingerprint density at radius 1 is 1.06 bits per heavy atom. The van der Waals surface area contributed by atoms with Crippen LogP contribution in [0.1, 0.15) is 19.3 Å². The first kappa shape index (κ1) is 15.3. The average Bonchev–Trinajstić information content (AvgIpc) is 2.26. The van der Waals surface area contributed by atoms with Crippen LogP contribution in [0.15, 0.2) is 30.3 Å². The molecule has 0 aliphatic carbocycles. The van der Waals surface area contributed by atoms with Gasteiger partial charge >= 0.3 is 0 Å². The summed E-state index contributed by atoms with van der Waals surface area (Å²) in [7, 11) is 0. The van der Waals surface area contributed by atoms with E-state index in [1.54, 1.807) is 0 Å². The predicted octanol–water partition coefficient (Wildman–Crippen LogP) is 5.24. The molecule has 16 heavy (non-hydrogen) atoms. The average molecular weight is 556 g/mol. The lowest BCUT2D eigenvalue weighted by Gasteiger charge is -2.19. The zero-order chi connectivity index (χ0) is 11.9. The molecule has 0 heterocycles. The van der Waals surface area contributed by atoms with E-state index in [9.17, 15) is 0 Å². The molecule has 0 radical (unpaired) electrons. The molecule has 1 aromatic rings. The van der Waals surface area contributed by atoms with E-state index in [0.717, 1.165) is 18.8 Å². The Morgan fingerprint density at radius 2 is 1.75 bits per heavy atom. The van der Waals surface area contributed by atoms with Crippen LogP contribution in [0.4, 0.5) is 0 Å². The van der Waals surface area contributed by atoms with E-state index >= 15 is 0 Å². The summed E-state index contributed by atoms with van der Waals surface area (Å²) in [5.74, 6) is 0.976. The Hall–Kier alpha value is 1.21. The maximum Gasteiger partial charge on any atom is 0.119 e. The fourth-order valence-electron chi connectivity index (χ4n) is 1.30. The maximum atomic E-state index is 5.67. The smallest absolute Gasteiger partial charge is 0.119 e. The summed E-state index contributed by atoms with van der Waals surface area (Å²) in [6.45, 7) is 0.818. The summed E-state index contributed by atoms with van der Waals surface area (Å²) < 4.78 is 7.30. The van der Waals surface area contributed by atoms with Crippen molar-refractivity contribution in [3.05, 3.63) is 30.3 Å². The van der Waals surface area contributed by atoms with Crippen LogP contribution in [0.25, 0.3) is 0 Å². The summed E-state index contributed by atoms with van der Waals surface area (Å²) in [4.78, 5) is 0. The first-order valence-corrected chi connectivity index (χ1v) is 8.94. The van der Waals surface area contributed by atoms with Gasteiger partial charge in [0.05, 0.1) is 8.04 Å². The monoisotopic (exact) mass is 556 g/mol. The number of halogens is 3. The van der Waals surface area contributed by atoms with Gasteiger partial charge in [-0.2, -0.15) is 0 Å². The number of para-hydroxylation sites is 1. The molecule has 0 saturated heterocycles. The second kappa shape index (κ2) is 8.34. The minimum Gasteiger partial charge on any atom is -0.494 e. The lowest BCUT2D eigenvalue weighted by molar-refractivity contribution is 0.306. The van der Waals surface area contributed by atoms with Gasteiger partial charge in [0.15, 0.2) is 0 Å². The lowest BCUT2D eigenvalue weighted by atomic mass is 10.2. The molecule has 0 unspecified atom stereocenters. The highest BCUT2D eigenvalue weighted by Gasteiger charge is 2.20. The van der Waals surface area contributed by atoms with Crippen molar-refractivity contribution in [3.63, 3.8) is 0 Å². The van der Waals surface area contributed by atoms with Crippen LogP contribution in [0.3, 0.4) is 0 Å². The van der Waals surface area contributed by atoms with Crippen molar-refractivity contribution in [2.75, 3.05) is 11.0 Å². The van der Waals surface area contributed by atoms with Crippen molar-refractivity contribution >= 4 is 67.8 Å². The zero-order valence-corrected chi connectivity index (χ0v) is 15.4. The molecule has 0 aromatic heterocycles. The molecule has 0 fully saturated rings. The van der Waals surface area contributed by atoms with Gasteiger partial charge in [0.2, 0.25) is 0 Å². The Morgan fingerprint density at radius 3 is 2.38 bits per heavy atom. The van der Waals surface area contributed by atoms with Gasteiger partial charge in [-0.15, -0.1) is 0 Å². The van der Waals surface area contributed by atoms with Crippen LogP contribution in [0.2, 0.25) is 0 Å². The molecule has 0 bridgehead atoms. The quantitative estimate of drug-likeness (QED) is 0.254. The third kappa shape index (κ3) is 6.83. The highest BCUT2D eigenvalue weighted by Crippen LogP contribution is 2.36. The molecular formula is C12H15I3O. The third-order valence-electron chi connectivity index (χ3n) is 2.16. The van der Waals surface area contributed by atoms with E-state index < -0.39 is 0 Å². The van der Waals surface area contributed by atoms with Crippen LogP contribution < -0.4 is 4.74 Å². The molecule has 0 N–H and O–H groups in total. The number of hydrogen-bond donors (Lipinski definition) is 0. The second-order valence-electron chi connectivity index (χ2n) is 3.56. The van der Waals surface area contributed by atoms with E-state index in [0.29, 0.717) is 1.43 Å². The van der Waals surface area contributed by atoms with Crippen molar-refractivity contribution in [1.29, 1.82) is 0 Å². The van der Waals surface area contributed by atoms with Crippen LogP contribution >= 0.6 is 67.8 Å². The minimum atomic E-state index is 0.400. The van der Waals surface area contributed by atoms with Gasteiger partial charge in [0.25, 0.3) is 0 Å². The van der Waals surface area contributed by atoms with Crippen LogP contribution in [0.5, 0.6) is 5.75 Å². The Labute approximate surface area is 139 Å².